The molecule has 12 heteroatoms. The van der Waals surface area contributed by atoms with Gasteiger partial charge in [-0.25, -0.2) is 23.5 Å². The highest BCUT2D eigenvalue weighted by Gasteiger charge is 2.26. The number of anilines is 1. The average molecular weight is 649 g/mol. The fourth-order valence-electron chi connectivity index (χ4n) is 5.60. The van der Waals surface area contributed by atoms with E-state index in [9.17, 15) is 14.0 Å². The van der Waals surface area contributed by atoms with Crippen molar-refractivity contribution in [1.29, 1.82) is 0 Å². The molecule has 0 aliphatic heterocycles. The third-order valence-electron chi connectivity index (χ3n) is 7.82. The summed E-state index contributed by atoms with van der Waals surface area (Å²) in [7, 11) is 1.35. The molecule has 2 aromatic carbocycles. The Balaban J connectivity index is 1.48. The molecule has 4 N–H and O–H groups in total. The van der Waals surface area contributed by atoms with Crippen molar-refractivity contribution in [3.05, 3.63) is 82.4 Å². The number of rotatable bonds is 7. The molecule has 0 atom stereocenters. The van der Waals surface area contributed by atoms with Gasteiger partial charge in [0.2, 0.25) is 0 Å². The summed E-state index contributed by atoms with van der Waals surface area (Å²) < 4.78 is 26.1. The molecule has 2 aromatic heterocycles. The monoisotopic (exact) mass is 648 g/mol. The smallest absolute Gasteiger partial charge is 0.407 e. The highest BCUT2D eigenvalue weighted by atomic mass is 35.5. The number of fused-ring (bicyclic) bond motifs is 1. The number of carbonyl (C=O) groups excluding carboxylic acids is 2. The Kier molecular flexibility index (Phi) is 9.52. The number of esters is 1. The number of ether oxygens (including phenoxy) is 2. The molecule has 1 aliphatic carbocycles. The summed E-state index contributed by atoms with van der Waals surface area (Å²) in [6.45, 7) is 7.44. The van der Waals surface area contributed by atoms with E-state index in [2.05, 4.69) is 20.7 Å². The molecule has 1 fully saturated rings. The van der Waals surface area contributed by atoms with Crippen LogP contribution in [-0.4, -0.2) is 52.3 Å². The van der Waals surface area contributed by atoms with Gasteiger partial charge in [-0.15, -0.1) is 0 Å². The number of nitrogens with zero attached hydrogens (tertiary/aromatic N) is 3. The second kappa shape index (κ2) is 13.4. The van der Waals surface area contributed by atoms with Crippen LogP contribution in [0.25, 0.3) is 16.6 Å². The van der Waals surface area contributed by atoms with E-state index in [1.54, 1.807) is 22.8 Å². The van der Waals surface area contributed by atoms with Gasteiger partial charge in [-0.2, -0.15) is 5.10 Å². The van der Waals surface area contributed by atoms with Crippen molar-refractivity contribution in [2.24, 2.45) is 10.7 Å². The first-order valence-electron chi connectivity index (χ1n) is 15.1. The van der Waals surface area contributed by atoms with Gasteiger partial charge in [0.15, 0.2) is 0 Å². The molecule has 0 bridgehead atoms. The minimum absolute atomic E-state index is 0.00224. The Labute approximate surface area is 272 Å². The zero-order valence-electron chi connectivity index (χ0n) is 26.5. The number of aliphatic imine (C=N–C) groups is 1. The van der Waals surface area contributed by atoms with Gasteiger partial charge in [0, 0.05) is 29.9 Å². The lowest BCUT2D eigenvalue weighted by Gasteiger charge is -2.31. The maximum absolute atomic E-state index is 14.0. The van der Waals surface area contributed by atoms with Crippen LogP contribution in [0.1, 0.15) is 67.9 Å². The second-order valence-corrected chi connectivity index (χ2v) is 12.9. The summed E-state index contributed by atoms with van der Waals surface area (Å²) in [5.41, 5.74) is 11.3. The standard InChI is InChI=1S/C34H38ClFN6O4/c1-19-14-20(32(43)45-5)6-12-25(19)21-15-29-30(39-23-8-10-24(11-9-23)40-33(44)46-34(2,3)4)26(17-38-42(29)18-21)31(37)41-28-16-22(36)7-13-27(28)35/h6-7,12-18,23-24,39H,8-11H2,1-5H3,(H2,37,41)(H,40,44)/t23-,24-. The van der Waals surface area contributed by atoms with Gasteiger partial charge in [-0.05, 0) is 94.8 Å². The maximum Gasteiger partial charge on any atom is 0.407 e. The van der Waals surface area contributed by atoms with Gasteiger partial charge < -0.3 is 25.8 Å². The van der Waals surface area contributed by atoms with E-state index in [1.807, 2.05) is 46.0 Å². The summed E-state index contributed by atoms with van der Waals surface area (Å²) in [5.74, 6) is -0.769. The van der Waals surface area contributed by atoms with Crippen molar-refractivity contribution in [2.75, 3.05) is 12.4 Å². The fraction of sp³-hybridized carbons (Fsp3) is 0.353. The number of aryl methyl sites for hydroxylation is 1. The predicted molar refractivity (Wildman–Crippen MR) is 178 cm³/mol. The molecule has 0 unspecified atom stereocenters. The molecule has 46 heavy (non-hydrogen) atoms. The van der Waals surface area contributed by atoms with Crippen LogP contribution in [0.2, 0.25) is 5.02 Å². The average Bonchev–Trinajstić information content (AvgIpc) is 3.43. The second-order valence-electron chi connectivity index (χ2n) is 12.4. The Morgan fingerprint density at radius 3 is 2.48 bits per heavy atom. The van der Waals surface area contributed by atoms with E-state index in [4.69, 9.17) is 26.8 Å². The first-order chi connectivity index (χ1) is 21.8. The third-order valence-corrected chi connectivity index (χ3v) is 8.14. The number of carbonyl (C=O) groups is 2. The summed E-state index contributed by atoms with van der Waals surface area (Å²) in [4.78, 5) is 28.9. The molecule has 10 nitrogen and oxygen atoms in total. The number of nitrogens with one attached hydrogen (secondary N) is 2. The number of amides is 1. The summed E-state index contributed by atoms with van der Waals surface area (Å²) >= 11 is 6.30. The molecule has 1 aliphatic rings. The van der Waals surface area contributed by atoms with Gasteiger partial charge in [-0.1, -0.05) is 17.7 Å². The van der Waals surface area contributed by atoms with Crippen molar-refractivity contribution in [3.63, 3.8) is 0 Å². The highest BCUT2D eigenvalue weighted by Crippen LogP contribution is 2.34. The lowest BCUT2D eigenvalue weighted by atomic mass is 9.91. The first-order valence-corrected chi connectivity index (χ1v) is 15.5. The van der Waals surface area contributed by atoms with Gasteiger partial charge in [0.05, 0.1) is 46.3 Å². The summed E-state index contributed by atoms with van der Waals surface area (Å²) in [5, 5.41) is 11.5. The molecule has 0 saturated heterocycles. The minimum Gasteiger partial charge on any atom is -0.465 e. The number of nitrogens with two attached hydrogens (primary N) is 1. The first kappa shape index (κ1) is 32.7. The number of aromatic nitrogens is 2. The molecule has 0 radical (unpaired) electrons. The van der Waals surface area contributed by atoms with Crippen LogP contribution in [0.15, 0.2) is 59.9 Å². The fourth-order valence-corrected chi connectivity index (χ4v) is 5.76. The number of methoxy groups -OCH3 is 1. The van der Waals surface area contributed by atoms with Crippen LogP contribution in [0.3, 0.4) is 0 Å². The Bertz CT molecular complexity index is 1810. The zero-order chi connectivity index (χ0) is 33.2. The molecule has 0 spiro atoms. The molecule has 5 rings (SSSR count). The van der Waals surface area contributed by atoms with Crippen LogP contribution >= 0.6 is 11.6 Å². The van der Waals surface area contributed by atoms with E-state index < -0.39 is 23.5 Å². The lowest BCUT2D eigenvalue weighted by Crippen LogP contribution is -2.42. The van der Waals surface area contributed by atoms with Crippen molar-refractivity contribution in [2.45, 2.75) is 71.1 Å². The Morgan fingerprint density at radius 2 is 1.80 bits per heavy atom. The van der Waals surface area contributed by atoms with E-state index in [0.29, 0.717) is 16.8 Å². The molecule has 1 saturated carbocycles. The number of halogens is 2. The zero-order valence-corrected chi connectivity index (χ0v) is 27.2. The number of alkyl carbamates (subject to hydrolysis) is 1. The quantitative estimate of drug-likeness (QED) is 0.110. The number of amidine groups is 1. The lowest BCUT2D eigenvalue weighted by molar-refractivity contribution is 0.0491. The SMILES string of the molecule is COC(=O)c1ccc(-c2cc3c(N[C@H]4CC[C@H](NC(=O)OC(C)(C)C)CC4)c(/C(N)=N/c4cc(F)ccc4Cl)cnn3c2)c(C)c1. The number of hydrogen-bond donors (Lipinski definition) is 3. The molecule has 4 aromatic rings. The Hall–Kier alpha value is -4.64. The summed E-state index contributed by atoms with van der Waals surface area (Å²) in [6, 6.07) is 11.4. The van der Waals surface area contributed by atoms with Crippen molar-refractivity contribution >= 4 is 46.4 Å². The van der Waals surface area contributed by atoms with E-state index >= 15 is 0 Å². The molecular formula is C34H38ClFN6O4. The third kappa shape index (κ3) is 7.59. The highest BCUT2D eigenvalue weighted by molar-refractivity contribution is 6.33. The van der Waals surface area contributed by atoms with Crippen LogP contribution < -0.4 is 16.4 Å². The van der Waals surface area contributed by atoms with Crippen molar-refractivity contribution in [1.82, 2.24) is 14.9 Å². The van der Waals surface area contributed by atoms with Crippen molar-refractivity contribution in [3.8, 4) is 11.1 Å². The van der Waals surface area contributed by atoms with Crippen LogP contribution in [0.4, 0.5) is 20.6 Å². The predicted octanol–water partition coefficient (Wildman–Crippen LogP) is 7.17. The molecular weight excluding hydrogens is 611 g/mol. The maximum atomic E-state index is 14.0. The van der Waals surface area contributed by atoms with Crippen LogP contribution in [0, 0.1) is 12.7 Å². The molecule has 2 heterocycles. The molecule has 242 valence electrons. The van der Waals surface area contributed by atoms with E-state index in [1.165, 1.54) is 25.3 Å². The van der Waals surface area contributed by atoms with E-state index in [0.717, 1.165) is 47.9 Å². The minimum atomic E-state index is -0.568. The van der Waals surface area contributed by atoms with Crippen molar-refractivity contribution < 1.29 is 23.5 Å². The number of hydrogen-bond acceptors (Lipinski definition) is 7. The van der Waals surface area contributed by atoms with Crippen LogP contribution in [0.5, 0.6) is 0 Å². The summed E-state index contributed by atoms with van der Waals surface area (Å²) in [6.07, 6.45) is 6.18. The Morgan fingerprint density at radius 1 is 1.09 bits per heavy atom. The van der Waals surface area contributed by atoms with Crippen LogP contribution in [-0.2, 0) is 9.47 Å². The van der Waals surface area contributed by atoms with Gasteiger partial charge in [-0.3, -0.25) is 0 Å². The molecule has 1 amide bonds. The van der Waals surface area contributed by atoms with E-state index in [-0.39, 0.29) is 28.6 Å². The van der Waals surface area contributed by atoms with Gasteiger partial charge >= 0.3 is 12.1 Å². The topological polar surface area (TPSA) is 132 Å². The number of benzene rings is 2. The van der Waals surface area contributed by atoms with Gasteiger partial charge in [0.25, 0.3) is 0 Å². The van der Waals surface area contributed by atoms with Gasteiger partial charge in [0.1, 0.15) is 17.3 Å². The normalized spacial score (nSPS) is 17.1. The largest absolute Gasteiger partial charge is 0.465 e.